The van der Waals surface area contributed by atoms with E-state index in [2.05, 4.69) is 5.73 Å². The lowest BCUT2D eigenvalue weighted by molar-refractivity contribution is -0.883. The number of fused-ring (bicyclic) bond motifs is 2. The Morgan fingerprint density at radius 2 is 2.50 bits per heavy atom. The Morgan fingerprint density at radius 1 is 1.70 bits per heavy atom. The van der Waals surface area contributed by atoms with E-state index in [-0.39, 0.29) is 0 Å². The first-order valence-electron chi connectivity index (χ1n) is 4.10. The largest absolute Gasteiger partial charge is 0.378 e. The minimum atomic E-state index is -0.395. The van der Waals surface area contributed by atoms with Gasteiger partial charge in [-0.25, -0.2) is 0 Å². The lowest BCUT2D eigenvalue weighted by Gasteiger charge is -2.25. The van der Waals surface area contributed by atoms with Crippen LogP contribution in [0.5, 0.6) is 0 Å². The Labute approximate surface area is 60.8 Å². The highest BCUT2D eigenvalue weighted by Crippen LogP contribution is 2.24. The Balaban J connectivity index is 2.14. The fraction of sp³-hybridized carbons (Fsp3) is 1.00. The summed E-state index contributed by atoms with van der Waals surface area (Å²) in [6.07, 6.45) is 1.21. The zero-order chi connectivity index (χ0) is 7.19. The minimum absolute atomic E-state index is 0.395. The smallest absolute Gasteiger partial charge is 0.170 e. The van der Waals surface area contributed by atoms with E-state index in [1.807, 2.05) is 0 Å². The van der Waals surface area contributed by atoms with Gasteiger partial charge in [-0.2, -0.15) is 0 Å². The van der Waals surface area contributed by atoms with Crippen molar-refractivity contribution in [1.82, 2.24) is 0 Å². The molecule has 0 aliphatic carbocycles. The van der Waals surface area contributed by atoms with Gasteiger partial charge in [-0.3, -0.25) is 0 Å². The normalized spacial score (nSPS) is 52.2. The Bertz CT molecular complexity index is 151. The van der Waals surface area contributed by atoms with Crippen molar-refractivity contribution in [3.63, 3.8) is 0 Å². The van der Waals surface area contributed by atoms with E-state index in [4.69, 9.17) is 0 Å². The van der Waals surface area contributed by atoms with Gasteiger partial charge in [0, 0.05) is 6.42 Å². The molecule has 2 heterocycles. The van der Waals surface area contributed by atoms with Crippen molar-refractivity contribution in [2.24, 2.45) is 5.92 Å². The number of aliphatic hydroxyl groups is 1. The minimum Gasteiger partial charge on any atom is -0.378 e. The van der Waals surface area contributed by atoms with E-state index in [9.17, 15) is 5.11 Å². The number of nitrogens with one attached hydrogen (secondary N) is 1. The van der Waals surface area contributed by atoms with Crippen LogP contribution < -0.4 is 10.6 Å². The van der Waals surface area contributed by atoms with Gasteiger partial charge in [-0.1, -0.05) is 0 Å². The summed E-state index contributed by atoms with van der Waals surface area (Å²) in [7, 11) is 0. The monoisotopic (exact) mass is 144 g/mol. The molecule has 5 N–H and O–H groups in total. The molecule has 2 saturated heterocycles. The number of piperidine rings is 1. The van der Waals surface area contributed by atoms with Gasteiger partial charge in [-0.05, 0) is 0 Å². The molecule has 0 aromatic carbocycles. The summed E-state index contributed by atoms with van der Waals surface area (Å²) in [6.45, 7) is 4.10. The Morgan fingerprint density at radius 3 is 2.80 bits per heavy atom. The van der Waals surface area contributed by atoms with E-state index < -0.39 is 5.60 Å². The average molecular weight is 144 g/mol. The van der Waals surface area contributed by atoms with Crippen molar-refractivity contribution in [2.45, 2.75) is 12.0 Å². The van der Waals surface area contributed by atoms with Crippen molar-refractivity contribution in [2.75, 3.05) is 26.2 Å². The van der Waals surface area contributed by atoms with Crippen LogP contribution in [0.4, 0.5) is 0 Å². The maximum atomic E-state index is 9.91. The molecule has 0 aromatic heterocycles. The maximum absolute atomic E-state index is 9.91. The summed E-state index contributed by atoms with van der Waals surface area (Å²) in [6, 6.07) is 0. The molecule has 10 heavy (non-hydrogen) atoms. The fourth-order valence-electron chi connectivity index (χ4n) is 2.42. The van der Waals surface area contributed by atoms with Crippen LogP contribution in [-0.2, 0) is 0 Å². The standard InChI is InChI=1S/C7H14N2O/c8-4-7(10)5-9-2-1-6(7)3-9/h6,10H,1-5,8H2/p+2. The van der Waals surface area contributed by atoms with Crippen molar-refractivity contribution in [3.05, 3.63) is 0 Å². The topological polar surface area (TPSA) is 52.3 Å². The van der Waals surface area contributed by atoms with Crippen molar-refractivity contribution in [3.8, 4) is 0 Å². The van der Waals surface area contributed by atoms with Crippen molar-refractivity contribution >= 4 is 0 Å². The molecule has 0 saturated carbocycles. The van der Waals surface area contributed by atoms with Gasteiger partial charge < -0.3 is 15.7 Å². The predicted molar refractivity (Wildman–Crippen MR) is 36.4 cm³/mol. The molecule has 2 aliphatic rings. The molecule has 2 rings (SSSR count). The molecule has 2 fully saturated rings. The quantitative estimate of drug-likeness (QED) is 0.358. The Kier molecular flexibility index (Phi) is 1.27. The Hall–Kier alpha value is -0.120. The van der Waals surface area contributed by atoms with E-state index in [0.29, 0.717) is 12.5 Å². The van der Waals surface area contributed by atoms with Crippen molar-refractivity contribution < 1.29 is 15.7 Å². The molecule has 3 nitrogen and oxygen atoms in total. The molecule has 0 aromatic rings. The first kappa shape index (κ1) is 6.58. The lowest BCUT2D eigenvalue weighted by Crippen LogP contribution is -3.10. The second kappa shape index (κ2) is 1.94. The third kappa shape index (κ3) is 0.713. The molecule has 3 heteroatoms. The van der Waals surface area contributed by atoms with Gasteiger partial charge >= 0.3 is 0 Å². The highest BCUT2D eigenvalue weighted by atomic mass is 16.3. The van der Waals surface area contributed by atoms with Gasteiger partial charge in [-0.15, -0.1) is 0 Å². The zero-order valence-corrected chi connectivity index (χ0v) is 6.27. The van der Waals surface area contributed by atoms with Gasteiger partial charge in [0.1, 0.15) is 13.1 Å². The molecule has 0 amide bonds. The SMILES string of the molecule is [NH3+]CC1(O)C[NH+]2CCC1C2. The van der Waals surface area contributed by atoms with Gasteiger partial charge in [0.05, 0.1) is 19.0 Å². The molecule has 0 radical (unpaired) electrons. The van der Waals surface area contributed by atoms with Crippen LogP contribution in [0, 0.1) is 5.92 Å². The fourth-order valence-corrected chi connectivity index (χ4v) is 2.42. The van der Waals surface area contributed by atoms with Gasteiger partial charge in [0.2, 0.25) is 0 Å². The van der Waals surface area contributed by atoms with Crippen LogP contribution in [0.15, 0.2) is 0 Å². The van der Waals surface area contributed by atoms with Crippen LogP contribution in [0.25, 0.3) is 0 Å². The van der Waals surface area contributed by atoms with Gasteiger partial charge in [0.15, 0.2) is 5.60 Å². The molecule has 2 aliphatic heterocycles. The summed E-state index contributed by atoms with van der Waals surface area (Å²) in [5, 5.41) is 9.91. The molecule has 58 valence electrons. The summed E-state index contributed by atoms with van der Waals surface area (Å²) < 4.78 is 0. The van der Waals surface area contributed by atoms with Crippen LogP contribution in [0.1, 0.15) is 6.42 Å². The van der Waals surface area contributed by atoms with Crippen LogP contribution in [-0.4, -0.2) is 36.9 Å². The number of rotatable bonds is 1. The predicted octanol–water partition coefficient (Wildman–Crippen LogP) is -3.12. The van der Waals surface area contributed by atoms with Crippen LogP contribution in [0.3, 0.4) is 0 Å². The lowest BCUT2D eigenvalue weighted by atomic mass is 9.88. The van der Waals surface area contributed by atoms with E-state index in [1.54, 1.807) is 4.90 Å². The third-order valence-corrected chi connectivity index (χ3v) is 3.13. The summed E-state index contributed by atoms with van der Waals surface area (Å²) in [5.41, 5.74) is 3.40. The first-order valence-corrected chi connectivity index (χ1v) is 4.10. The number of quaternary nitrogens is 2. The number of hydrogen-bond acceptors (Lipinski definition) is 1. The second-order valence-electron chi connectivity index (χ2n) is 3.72. The molecular weight excluding hydrogens is 128 g/mol. The molecule has 0 spiro atoms. The second-order valence-corrected chi connectivity index (χ2v) is 3.72. The maximum Gasteiger partial charge on any atom is 0.170 e. The third-order valence-electron chi connectivity index (χ3n) is 3.13. The summed E-state index contributed by atoms with van der Waals surface area (Å²) in [5.74, 6) is 0.556. The van der Waals surface area contributed by atoms with E-state index in [1.165, 1.54) is 19.5 Å². The van der Waals surface area contributed by atoms with E-state index in [0.717, 1.165) is 6.54 Å². The molecular formula is C7H16N2O+2. The number of hydrogen-bond donors (Lipinski definition) is 3. The van der Waals surface area contributed by atoms with Gasteiger partial charge in [0.25, 0.3) is 0 Å². The first-order chi connectivity index (χ1) is 4.74. The van der Waals surface area contributed by atoms with Crippen LogP contribution in [0.2, 0.25) is 0 Å². The highest BCUT2D eigenvalue weighted by molar-refractivity contribution is 4.91. The summed E-state index contributed by atoms with van der Waals surface area (Å²) in [4.78, 5) is 1.58. The molecule has 3 unspecified atom stereocenters. The van der Waals surface area contributed by atoms with E-state index >= 15 is 0 Å². The molecule has 3 atom stereocenters. The highest BCUT2D eigenvalue weighted by Gasteiger charge is 2.53. The zero-order valence-electron chi connectivity index (χ0n) is 6.27. The van der Waals surface area contributed by atoms with Crippen molar-refractivity contribution in [1.29, 1.82) is 0 Å². The van der Waals surface area contributed by atoms with Crippen LogP contribution >= 0.6 is 0 Å². The molecule has 2 bridgehead atoms. The average Bonchev–Trinajstić information content (AvgIpc) is 2.46. The summed E-state index contributed by atoms with van der Waals surface area (Å²) >= 11 is 0.